The zero-order valence-corrected chi connectivity index (χ0v) is 7.44. The number of hydrogen-bond donors (Lipinski definition) is 2. The van der Waals surface area contributed by atoms with Crippen LogP contribution in [0.4, 0.5) is 0 Å². The summed E-state index contributed by atoms with van der Waals surface area (Å²) in [6, 6.07) is 4.39. The zero-order chi connectivity index (χ0) is 10.3. The molecule has 1 aromatic heterocycles. The Morgan fingerprint density at radius 3 is 2.79 bits per heavy atom. The third-order valence-corrected chi connectivity index (χ3v) is 2.06. The highest BCUT2D eigenvalue weighted by Crippen LogP contribution is 2.28. The van der Waals surface area contributed by atoms with E-state index in [4.69, 9.17) is 9.52 Å². The van der Waals surface area contributed by atoms with Gasteiger partial charge in [-0.1, -0.05) is 0 Å². The van der Waals surface area contributed by atoms with Gasteiger partial charge in [-0.25, -0.2) is 4.79 Å². The monoisotopic (exact) mass is 192 g/mol. The molecule has 1 heterocycles. The average molecular weight is 192 g/mol. The second-order valence-corrected chi connectivity index (χ2v) is 3.02. The standard InChI is InChI=1S/C10H8O4/c1-5-9(10(12)13)7-4-6(11)2-3-8(7)14-5/h2-4,11H,1H3,(H,12,13). The van der Waals surface area contributed by atoms with E-state index >= 15 is 0 Å². The highest BCUT2D eigenvalue weighted by molar-refractivity contribution is 6.03. The first-order chi connectivity index (χ1) is 6.59. The fraction of sp³-hybridized carbons (Fsp3) is 0.100. The highest BCUT2D eigenvalue weighted by Gasteiger charge is 2.17. The topological polar surface area (TPSA) is 70.7 Å². The summed E-state index contributed by atoms with van der Waals surface area (Å²) in [6.45, 7) is 1.58. The SMILES string of the molecule is Cc1oc2ccc(O)cc2c1C(=O)O. The number of fused-ring (bicyclic) bond motifs is 1. The van der Waals surface area contributed by atoms with E-state index in [1.54, 1.807) is 13.0 Å². The van der Waals surface area contributed by atoms with Gasteiger partial charge in [-0.15, -0.1) is 0 Å². The summed E-state index contributed by atoms with van der Waals surface area (Å²) in [7, 11) is 0. The third-order valence-electron chi connectivity index (χ3n) is 2.06. The molecule has 2 aromatic rings. The van der Waals surface area contributed by atoms with Crippen LogP contribution in [0, 0.1) is 6.92 Å². The molecule has 2 N–H and O–H groups in total. The number of carboxylic acid groups (broad SMARTS) is 1. The van der Waals surface area contributed by atoms with Gasteiger partial charge >= 0.3 is 5.97 Å². The molecule has 0 aliphatic heterocycles. The van der Waals surface area contributed by atoms with E-state index in [1.165, 1.54) is 12.1 Å². The lowest BCUT2D eigenvalue weighted by molar-refractivity contribution is 0.0697. The molecule has 0 aliphatic carbocycles. The summed E-state index contributed by atoms with van der Waals surface area (Å²) >= 11 is 0. The summed E-state index contributed by atoms with van der Waals surface area (Å²) in [6.07, 6.45) is 0. The van der Waals surface area contributed by atoms with Crippen molar-refractivity contribution in [1.82, 2.24) is 0 Å². The van der Waals surface area contributed by atoms with Gasteiger partial charge in [0.25, 0.3) is 0 Å². The Kier molecular flexibility index (Phi) is 1.70. The van der Waals surface area contributed by atoms with Crippen LogP contribution in [-0.4, -0.2) is 16.2 Å². The summed E-state index contributed by atoms with van der Waals surface area (Å²) in [5.74, 6) is -0.675. The van der Waals surface area contributed by atoms with Crippen molar-refractivity contribution in [2.45, 2.75) is 6.92 Å². The lowest BCUT2D eigenvalue weighted by Gasteiger charge is -1.92. The molecule has 14 heavy (non-hydrogen) atoms. The first-order valence-corrected chi connectivity index (χ1v) is 4.05. The molecule has 4 heteroatoms. The Morgan fingerprint density at radius 1 is 1.43 bits per heavy atom. The molecule has 1 aromatic carbocycles. The first-order valence-electron chi connectivity index (χ1n) is 4.05. The Hall–Kier alpha value is -1.97. The Morgan fingerprint density at radius 2 is 2.14 bits per heavy atom. The van der Waals surface area contributed by atoms with Crippen molar-refractivity contribution in [3.05, 3.63) is 29.5 Å². The van der Waals surface area contributed by atoms with Gasteiger partial charge < -0.3 is 14.6 Å². The average Bonchev–Trinajstić information content (AvgIpc) is 2.40. The fourth-order valence-electron chi connectivity index (χ4n) is 1.47. The molecule has 4 nitrogen and oxygen atoms in total. The molecule has 0 saturated carbocycles. The van der Waals surface area contributed by atoms with E-state index in [0.717, 1.165) is 0 Å². The molecule has 0 aliphatic rings. The Bertz CT molecular complexity index is 510. The van der Waals surface area contributed by atoms with Gasteiger partial charge in [0.15, 0.2) is 0 Å². The number of phenols is 1. The minimum absolute atomic E-state index is 0.0285. The number of benzene rings is 1. The number of aromatic carboxylic acids is 1. The van der Waals surface area contributed by atoms with Gasteiger partial charge in [0.1, 0.15) is 22.7 Å². The summed E-state index contributed by atoms with van der Waals surface area (Å²) < 4.78 is 5.22. The predicted octanol–water partition coefficient (Wildman–Crippen LogP) is 2.15. The molecule has 2 rings (SSSR count). The smallest absolute Gasteiger partial charge is 0.339 e. The molecular formula is C10H8O4. The Labute approximate surface area is 79.4 Å². The number of carbonyl (C=O) groups is 1. The van der Waals surface area contributed by atoms with Crippen LogP contribution in [0.3, 0.4) is 0 Å². The van der Waals surface area contributed by atoms with Crippen LogP contribution in [-0.2, 0) is 0 Å². The maximum Gasteiger partial charge on any atom is 0.339 e. The van der Waals surface area contributed by atoms with Crippen LogP contribution in [0.2, 0.25) is 0 Å². The first kappa shape index (κ1) is 8.62. The predicted molar refractivity (Wildman–Crippen MR) is 49.6 cm³/mol. The van der Waals surface area contributed by atoms with Crippen molar-refractivity contribution in [2.24, 2.45) is 0 Å². The largest absolute Gasteiger partial charge is 0.508 e. The maximum absolute atomic E-state index is 10.9. The van der Waals surface area contributed by atoms with Crippen LogP contribution < -0.4 is 0 Å². The van der Waals surface area contributed by atoms with E-state index in [1.807, 2.05) is 0 Å². The molecule has 0 saturated heterocycles. The van der Waals surface area contributed by atoms with Gasteiger partial charge in [0.2, 0.25) is 0 Å². The lowest BCUT2D eigenvalue weighted by atomic mass is 10.1. The second-order valence-electron chi connectivity index (χ2n) is 3.02. The molecule has 0 spiro atoms. The van der Waals surface area contributed by atoms with Crippen molar-refractivity contribution < 1.29 is 19.4 Å². The van der Waals surface area contributed by atoms with E-state index in [0.29, 0.717) is 16.7 Å². The molecule has 0 atom stereocenters. The molecule has 0 unspecified atom stereocenters. The van der Waals surface area contributed by atoms with Gasteiger partial charge in [-0.2, -0.15) is 0 Å². The van der Waals surface area contributed by atoms with Crippen LogP contribution >= 0.6 is 0 Å². The molecule has 0 fully saturated rings. The van der Waals surface area contributed by atoms with E-state index in [2.05, 4.69) is 0 Å². The number of phenolic OH excluding ortho intramolecular Hbond substituents is 1. The number of carboxylic acids is 1. The lowest BCUT2D eigenvalue weighted by Crippen LogP contribution is -1.96. The maximum atomic E-state index is 10.9. The number of aryl methyl sites for hydroxylation is 1. The number of rotatable bonds is 1. The van der Waals surface area contributed by atoms with Gasteiger partial charge in [0, 0.05) is 5.39 Å². The van der Waals surface area contributed by atoms with E-state index in [9.17, 15) is 9.90 Å². The number of hydrogen-bond acceptors (Lipinski definition) is 3. The molecule has 0 bridgehead atoms. The fourth-order valence-corrected chi connectivity index (χ4v) is 1.47. The summed E-state index contributed by atoms with van der Waals surface area (Å²) in [5.41, 5.74) is 0.577. The summed E-state index contributed by atoms with van der Waals surface area (Å²) in [5, 5.41) is 18.5. The summed E-state index contributed by atoms with van der Waals surface area (Å²) in [4.78, 5) is 10.9. The molecule has 0 radical (unpaired) electrons. The van der Waals surface area contributed by atoms with Crippen molar-refractivity contribution in [3.8, 4) is 5.75 Å². The molecule has 0 amide bonds. The van der Waals surface area contributed by atoms with Crippen molar-refractivity contribution >= 4 is 16.9 Å². The van der Waals surface area contributed by atoms with Crippen molar-refractivity contribution in [3.63, 3.8) is 0 Å². The van der Waals surface area contributed by atoms with Crippen LogP contribution in [0.25, 0.3) is 11.0 Å². The molecular weight excluding hydrogens is 184 g/mol. The minimum atomic E-state index is -1.05. The van der Waals surface area contributed by atoms with E-state index < -0.39 is 5.97 Å². The Balaban J connectivity index is 2.86. The minimum Gasteiger partial charge on any atom is -0.508 e. The van der Waals surface area contributed by atoms with Crippen LogP contribution in [0.15, 0.2) is 22.6 Å². The molecule has 72 valence electrons. The van der Waals surface area contributed by atoms with Gasteiger partial charge in [-0.05, 0) is 25.1 Å². The van der Waals surface area contributed by atoms with Crippen LogP contribution in [0.1, 0.15) is 16.1 Å². The van der Waals surface area contributed by atoms with Crippen LogP contribution in [0.5, 0.6) is 5.75 Å². The van der Waals surface area contributed by atoms with E-state index in [-0.39, 0.29) is 11.3 Å². The van der Waals surface area contributed by atoms with Crippen molar-refractivity contribution in [2.75, 3.05) is 0 Å². The second kappa shape index (κ2) is 2.77. The van der Waals surface area contributed by atoms with Gasteiger partial charge in [0.05, 0.1) is 0 Å². The zero-order valence-electron chi connectivity index (χ0n) is 7.44. The highest BCUT2D eigenvalue weighted by atomic mass is 16.4. The normalized spacial score (nSPS) is 10.6. The third kappa shape index (κ3) is 1.12. The van der Waals surface area contributed by atoms with Crippen molar-refractivity contribution in [1.29, 1.82) is 0 Å². The van der Waals surface area contributed by atoms with Gasteiger partial charge in [-0.3, -0.25) is 0 Å². The number of furan rings is 1. The number of aromatic hydroxyl groups is 1. The quantitative estimate of drug-likeness (QED) is 0.726.